The van der Waals surface area contributed by atoms with E-state index >= 15 is 0 Å². The van der Waals surface area contributed by atoms with Gasteiger partial charge < -0.3 is 5.32 Å². The molecule has 0 radical (unpaired) electrons. The number of rotatable bonds is 5. The highest BCUT2D eigenvalue weighted by Gasteiger charge is 2.31. The number of hydrogen-bond donors (Lipinski definition) is 1. The third-order valence-electron chi connectivity index (χ3n) is 4.42. The van der Waals surface area contributed by atoms with E-state index in [4.69, 9.17) is 0 Å². The van der Waals surface area contributed by atoms with Gasteiger partial charge in [-0.2, -0.15) is 4.68 Å². The van der Waals surface area contributed by atoms with E-state index in [1.165, 1.54) is 11.1 Å². The number of nitrogens with zero attached hydrogens (tertiary/aromatic N) is 4. The summed E-state index contributed by atoms with van der Waals surface area (Å²) < 4.78 is 1.81. The number of benzene rings is 2. The Morgan fingerprint density at radius 3 is 2.12 bits per heavy atom. The van der Waals surface area contributed by atoms with E-state index in [9.17, 15) is 0 Å². The Hall–Kier alpha value is -2.69. The molecule has 5 heteroatoms. The van der Waals surface area contributed by atoms with Gasteiger partial charge in [0.15, 0.2) is 5.82 Å². The summed E-state index contributed by atoms with van der Waals surface area (Å²) in [4.78, 5) is 0. The van der Waals surface area contributed by atoms with Crippen molar-refractivity contribution in [3.05, 3.63) is 65.5 Å². The van der Waals surface area contributed by atoms with Gasteiger partial charge in [0.25, 0.3) is 0 Å². The normalized spacial score (nSPS) is 13.5. The van der Waals surface area contributed by atoms with E-state index in [2.05, 4.69) is 84.9 Å². The van der Waals surface area contributed by atoms with E-state index in [-0.39, 0.29) is 5.54 Å². The lowest BCUT2D eigenvalue weighted by Crippen LogP contribution is -2.34. The molecular weight excluding hydrogens is 298 g/mol. The fraction of sp³-hybridized carbons (Fsp3) is 0.316. The third-order valence-corrected chi connectivity index (χ3v) is 4.42. The van der Waals surface area contributed by atoms with Crippen molar-refractivity contribution in [3.8, 4) is 5.69 Å². The van der Waals surface area contributed by atoms with Gasteiger partial charge >= 0.3 is 0 Å². The van der Waals surface area contributed by atoms with Crippen LogP contribution >= 0.6 is 0 Å². The number of hydrogen-bond acceptors (Lipinski definition) is 4. The lowest BCUT2D eigenvalue weighted by atomic mass is 9.96. The van der Waals surface area contributed by atoms with Crippen LogP contribution in [0.2, 0.25) is 0 Å². The highest BCUT2D eigenvalue weighted by Crippen LogP contribution is 2.29. The molecule has 1 unspecified atom stereocenters. The van der Waals surface area contributed by atoms with Crippen molar-refractivity contribution in [2.24, 2.45) is 0 Å². The van der Waals surface area contributed by atoms with E-state index < -0.39 is 0 Å². The van der Waals surface area contributed by atoms with Crippen molar-refractivity contribution in [2.75, 3.05) is 5.32 Å². The first kappa shape index (κ1) is 16.2. The van der Waals surface area contributed by atoms with Crippen LogP contribution in [-0.4, -0.2) is 20.2 Å². The van der Waals surface area contributed by atoms with Crippen LogP contribution in [0.5, 0.6) is 0 Å². The molecular formula is C19H23N5. The molecule has 1 atom stereocenters. The summed E-state index contributed by atoms with van der Waals surface area (Å²) in [5, 5.41) is 16.0. The lowest BCUT2D eigenvalue weighted by molar-refractivity contribution is 0.474. The molecule has 0 amide bonds. The standard InChI is InChI=1S/C19H23N5/c1-5-19(4,20-16-10-6-14(2)7-11-16)18-21-22-23-24(18)17-12-8-15(3)9-13-17/h6-13,20H,5H2,1-4H3. The monoisotopic (exact) mass is 321 g/mol. The molecule has 0 spiro atoms. The minimum Gasteiger partial charge on any atom is -0.373 e. The molecule has 0 aliphatic carbocycles. The van der Waals surface area contributed by atoms with Crippen LogP contribution in [0.4, 0.5) is 5.69 Å². The van der Waals surface area contributed by atoms with Crippen LogP contribution in [0.15, 0.2) is 48.5 Å². The Kier molecular flexibility index (Phi) is 4.34. The summed E-state index contributed by atoms with van der Waals surface area (Å²) in [6.45, 7) is 8.42. The Morgan fingerprint density at radius 2 is 1.54 bits per heavy atom. The van der Waals surface area contributed by atoms with Crippen molar-refractivity contribution in [1.29, 1.82) is 0 Å². The molecule has 3 aromatic rings. The van der Waals surface area contributed by atoms with Gasteiger partial charge in [0, 0.05) is 5.69 Å². The first-order valence-electron chi connectivity index (χ1n) is 8.22. The van der Waals surface area contributed by atoms with Crippen molar-refractivity contribution in [2.45, 2.75) is 39.7 Å². The second-order valence-corrected chi connectivity index (χ2v) is 6.43. The van der Waals surface area contributed by atoms with Gasteiger partial charge in [-0.05, 0) is 61.9 Å². The molecule has 24 heavy (non-hydrogen) atoms. The predicted octanol–water partition coefficient (Wildman–Crippen LogP) is 4.02. The highest BCUT2D eigenvalue weighted by molar-refractivity contribution is 5.48. The average Bonchev–Trinajstić information content (AvgIpc) is 3.08. The van der Waals surface area contributed by atoms with Gasteiger partial charge in [-0.3, -0.25) is 0 Å². The summed E-state index contributed by atoms with van der Waals surface area (Å²) in [5.41, 5.74) is 4.10. The molecule has 1 N–H and O–H groups in total. The second kappa shape index (κ2) is 6.43. The van der Waals surface area contributed by atoms with Gasteiger partial charge in [0.05, 0.1) is 11.2 Å². The molecule has 0 aliphatic rings. The van der Waals surface area contributed by atoms with Crippen molar-refractivity contribution < 1.29 is 0 Å². The van der Waals surface area contributed by atoms with Gasteiger partial charge in [-0.1, -0.05) is 42.3 Å². The zero-order chi connectivity index (χ0) is 17.2. The Labute approximate surface area is 142 Å². The fourth-order valence-electron chi connectivity index (χ4n) is 2.65. The van der Waals surface area contributed by atoms with Gasteiger partial charge in [-0.15, -0.1) is 5.10 Å². The van der Waals surface area contributed by atoms with Crippen LogP contribution < -0.4 is 5.32 Å². The van der Waals surface area contributed by atoms with Crippen LogP contribution in [0.1, 0.15) is 37.2 Å². The van der Waals surface area contributed by atoms with Crippen molar-refractivity contribution in [1.82, 2.24) is 20.2 Å². The molecule has 1 heterocycles. The van der Waals surface area contributed by atoms with E-state index in [1.807, 2.05) is 16.8 Å². The maximum atomic E-state index is 4.31. The number of aryl methyl sites for hydroxylation is 2. The fourth-order valence-corrected chi connectivity index (χ4v) is 2.65. The van der Waals surface area contributed by atoms with Gasteiger partial charge in [0.1, 0.15) is 0 Å². The van der Waals surface area contributed by atoms with E-state index in [0.29, 0.717) is 0 Å². The summed E-state index contributed by atoms with van der Waals surface area (Å²) in [7, 11) is 0. The molecule has 0 fully saturated rings. The minimum atomic E-state index is -0.371. The van der Waals surface area contributed by atoms with Crippen LogP contribution in [0.25, 0.3) is 5.69 Å². The predicted molar refractivity (Wildman–Crippen MR) is 96.3 cm³/mol. The summed E-state index contributed by atoms with van der Waals surface area (Å²) >= 11 is 0. The largest absolute Gasteiger partial charge is 0.373 e. The zero-order valence-corrected chi connectivity index (χ0v) is 14.6. The molecule has 0 aliphatic heterocycles. The maximum absolute atomic E-state index is 4.31. The van der Waals surface area contributed by atoms with Gasteiger partial charge in [0.2, 0.25) is 0 Å². The molecule has 1 aromatic heterocycles. The number of tetrazole rings is 1. The summed E-state index contributed by atoms with van der Waals surface area (Å²) in [5.74, 6) is 0.800. The topological polar surface area (TPSA) is 55.6 Å². The number of aromatic nitrogens is 4. The van der Waals surface area contributed by atoms with Crippen LogP contribution in [0.3, 0.4) is 0 Å². The SMILES string of the molecule is CCC(C)(Nc1ccc(C)cc1)c1nnnn1-c1ccc(C)cc1. The van der Waals surface area contributed by atoms with Crippen LogP contribution in [0, 0.1) is 13.8 Å². The molecule has 5 nitrogen and oxygen atoms in total. The third kappa shape index (κ3) is 3.15. The smallest absolute Gasteiger partial charge is 0.181 e. The Balaban J connectivity index is 1.97. The van der Waals surface area contributed by atoms with Gasteiger partial charge in [-0.25, -0.2) is 0 Å². The average molecular weight is 321 g/mol. The molecule has 3 rings (SSSR count). The minimum absolute atomic E-state index is 0.371. The Morgan fingerprint density at radius 1 is 0.958 bits per heavy atom. The lowest BCUT2D eigenvalue weighted by Gasteiger charge is -2.29. The second-order valence-electron chi connectivity index (χ2n) is 6.43. The molecule has 0 saturated carbocycles. The quantitative estimate of drug-likeness (QED) is 0.771. The molecule has 0 saturated heterocycles. The maximum Gasteiger partial charge on any atom is 0.181 e. The first-order chi connectivity index (χ1) is 11.5. The Bertz CT molecular complexity index is 805. The molecule has 2 aromatic carbocycles. The number of anilines is 1. The van der Waals surface area contributed by atoms with E-state index in [0.717, 1.165) is 23.6 Å². The van der Waals surface area contributed by atoms with Crippen molar-refractivity contribution in [3.63, 3.8) is 0 Å². The number of nitrogens with one attached hydrogen (secondary N) is 1. The zero-order valence-electron chi connectivity index (χ0n) is 14.6. The van der Waals surface area contributed by atoms with E-state index in [1.54, 1.807) is 0 Å². The van der Waals surface area contributed by atoms with Crippen LogP contribution in [-0.2, 0) is 5.54 Å². The molecule has 124 valence electrons. The molecule has 0 bridgehead atoms. The van der Waals surface area contributed by atoms with Crippen molar-refractivity contribution >= 4 is 5.69 Å². The first-order valence-corrected chi connectivity index (χ1v) is 8.22. The highest BCUT2D eigenvalue weighted by atomic mass is 15.6. The summed E-state index contributed by atoms with van der Waals surface area (Å²) in [6.07, 6.45) is 0.854. The summed E-state index contributed by atoms with van der Waals surface area (Å²) in [6, 6.07) is 16.6.